The van der Waals surface area contributed by atoms with E-state index >= 15 is 0 Å². The lowest BCUT2D eigenvalue weighted by Crippen LogP contribution is -2.35. The molecule has 1 aromatic carbocycles. The molecule has 3 heteroatoms. The number of hydrogen-bond acceptors (Lipinski definition) is 2. The molecule has 96 valence electrons. The molecule has 2 N–H and O–H groups in total. The van der Waals surface area contributed by atoms with Crippen LogP contribution >= 0.6 is 0 Å². The lowest BCUT2D eigenvalue weighted by atomic mass is 9.69. The van der Waals surface area contributed by atoms with Crippen LogP contribution in [0.15, 0.2) is 30.3 Å². The third-order valence-electron chi connectivity index (χ3n) is 4.51. The quantitative estimate of drug-likeness (QED) is 0.789. The van der Waals surface area contributed by atoms with Gasteiger partial charge in [-0.05, 0) is 37.9 Å². The molecule has 0 saturated carbocycles. The molecule has 2 unspecified atom stereocenters. The summed E-state index contributed by atoms with van der Waals surface area (Å²) in [6.07, 6.45) is 3.06. The molecule has 0 aliphatic carbocycles. The second-order valence-electron chi connectivity index (χ2n) is 5.43. The van der Waals surface area contributed by atoms with Crippen LogP contribution in [0.4, 0.5) is 0 Å². The topological polar surface area (TPSA) is 41.1 Å². The van der Waals surface area contributed by atoms with Crippen molar-refractivity contribution in [3.63, 3.8) is 0 Å². The van der Waals surface area contributed by atoms with E-state index in [1.807, 2.05) is 6.07 Å². The van der Waals surface area contributed by atoms with E-state index in [4.69, 9.17) is 0 Å². The van der Waals surface area contributed by atoms with E-state index in [1.54, 1.807) is 0 Å². The summed E-state index contributed by atoms with van der Waals surface area (Å²) in [5.74, 6) is 0.603. The highest BCUT2D eigenvalue weighted by molar-refractivity contribution is 5.86. The van der Waals surface area contributed by atoms with Gasteiger partial charge < -0.3 is 10.6 Å². The van der Waals surface area contributed by atoms with E-state index in [-0.39, 0.29) is 11.3 Å². The van der Waals surface area contributed by atoms with Crippen LogP contribution in [0.2, 0.25) is 0 Å². The Bertz CT molecular complexity index is 421. The van der Waals surface area contributed by atoms with E-state index in [9.17, 15) is 4.79 Å². The van der Waals surface area contributed by atoms with Crippen molar-refractivity contribution in [1.29, 1.82) is 0 Å². The summed E-state index contributed by atoms with van der Waals surface area (Å²) in [5, 5.41) is 6.50. The molecule has 2 heterocycles. The molecular weight excluding hydrogens is 224 g/mol. The van der Waals surface area contributed by atoms with Crippen molar-refractivity contribution in [2.24, 2.45) is 5.41 Å². The van der Waals surface area contributed by atoms with Crippen molar-refractivity contribution in [3.05, 3.63) is 35.9 Å². The second-order valence-corrected chi connectivity index (χ2v) is 5.43. The predicted molar refractivity (Wildman–Crippen MR) is 71.3 cm³/mol. The van der Waals surface area contributed by atoms with Crippen molar-refractivity contribution >= 4 is 5.91 Å². The van der Waals surface area contributed by atoms with Crippen LogP contribution in [0.25, 0.3) is 0 Å². The molecule has 0 bridgehead atoms. The molecule has 1 aromatic rings. The first-order valence-corrected chi connectivity index (χ1v) is 6.87. The molecule has 2 aliphatic heterocycles. The maximum atomic E-state index is 12.3. The summed E-state index contributed by atoms with van der Waals surface area (Å²) in [4.78, 5) is 12.3. The lowest BCUT2D eigenvalue weighted by molar-refractivity contribution is -0.128. The van der Waals surface area contributed by atoms with Crippen LogP contribution in [-0.2, 0) is 4.79 Å². The number of carbonyl (C=O) groups is 1. The fourth-order valence-electron chi connectivity index (χ4n) is 3.51. The molecule has 1 amide bonds. The summed E-state index contributed by atoms with van der Waals surface area (Å²) in [7, 11) is 0. The molecule has 2 atom stereocenters. The highest BCUT2D eigenvalue weighted by Crippen LogP contribution is 2.46. The van der Waals surface area contributed by atoms with E-state index in [2.05, 4.69) is 34.9 Å². The third-order valence-corrected chi connectivity index (χ3v) is 4.51. The Morgan fingerprint density at radius 2 is 1.94 bits per heavy atom. The minimum Gasteiger partial charge on any atom is -0.355 e. The van der Waals surface area contributed by atoms with Crippen LogP contribution < -0.4 is 10.6 Å². The number of benzene rings is 1. The average molecular weight is 244 g/mol. The van der Waals surface area contributed by atoms with Crippen molar-refractivity contribution in [1.82, 2.24) is 10.6 Å². The fraction of sp³-hybridized carbons (Fsp3) is 0.533. The lowest BCUT2D eigenvalue weighted by Gasteiger charge is -2.31. The first-order chi connectivity index (χ1) is 8.83. The van der Waals surface area contributed by atoms with Gasteiger partial charge in [0.25, 0.3) is 0 Å². The van der Waals surface area contributed by atoms with Crippen LogP contribution in [0.5, 0.6) is 0 Å². The Morgan fingerprint density at radius 1 is 1.11 bits per heavy atom. The van der Waals surface area contributed by atoms with Gasteiger partial charge in [0.15, 0.2) is 0 Å². The Labute approximate surface area is 108 Å². The Hall–Kier alpha value is -1.35. The molecule has 2 aliphatic rings. The van der Waals surface area contributed by atoms with Gasteiger partial charge in [0.2, 0.25) is 5.91 Å². The number of rotatable bonds is 1. The van der Waals surface area contributed by atoms with Crippen LogP contribution in [0.1, 0.15) is 30.7 Å². The fourth-order valence-corrected chi connectivity index (χ4v) is 3.51. The summed E-state index contributed by atoms with van der Waals surface area (Å²) in [5.41, 5.74) is 1.13. The molecule has 1 spiro atoms. The number of hydrogen-bond donors (Lipinski definition) is 2. The van der Waals surface area contributed by atoms with Crippen molar-refractivity contribution in [2.75, 3.05) is 19.6 Å². The van der Waals surface area contributed by atoms with Gasteiger partial charge in [0, 0.05) is 12.5 Å². The molecule has 0 radical (unpaired) electrons. The highest BCUT2D eigenvalue weighted by atomic mass is 16.2. The molecule has 18 heavy (non-hydrogen) atoms. The highest BCUT2D eigenvalue weighted by Gasteiger charge is 2.50. The third kappa shape index (κ3) is 1.83. The predicted octanol–water partition coefficient (Wildman–Crippen LogP) is 1.66. The summed E-state index contributed by atoms with van der Waals surface area (Å²) < 4.78 is 0. The smallest absolute Gasteiger partial charge is 0.226 e. The Morgan fingerprint density at radius 3 is 2.78 bits per heavy atom. The van der Waals surface area contributed by atoms with Gasteiger partial charge in [-0.2, -0.15) is 0 Å². The minimum absolute atomic E-state index is 0.176. The first-order valence-electron chi connectivity index (χ1n) is 6.87. The van der Waals surface area contributed by atoms with Crippen LogP contribution in [0, 0.1) is 5.41 Å². The van der Waals surface area contributed by atoms with Gasteiger partial charge in [0.05, 0.1) is 5.41 Å². The summed E-state index contributed by atoms with van der Waals surface area (Å²) in [6.45, 7) is 2.79. The van der Waals surface area contributed by atoms with Crippen molar-refractivity contribution < 1.29 is 4.79 Å². The van der Waals surface area contributed by atoms with Crippen molar-refractivity contribution in [3.8, 4) is 0 Å². The molecule has 2 saturated heterocycles. The van der Waals surface area contributed by atoms with Crippen LogP contribution in [-0.4, -0.2) is 25.5 Å². The monoisotopic (exact) mass is 244 g/mol. The standard InChI is InChI=1S/C15H20N2O/c18-14-15(7-4-9-16-10-8-15)13(11-17-14)12-5-2-1-3-6-12/h1-3,5-6,13,16H,4,7-11H2,(H,17,18). The van der Waals surface area contributed by atoms with Gasteiger partial charge in [0.1, 0.15) is 0 Å². The zero-order valence-corrected chi connectivity index (χ0v) is 10.6. The van der Waals surface area contributed by atoms with E-state index < -0.39 is 0 Å². The molecule has 2 fully saturated rings. The Balaban J connectivity index is 1.95. The normalized spacial score (nSPS) is 32.2. The van der Waals surface area contributed by atoms with E-state index in [0.29, 0.717) is 5.92 Å². The molecule has 3 rings (SSSR count). The van der Waals surface area contributed by atoms with E-state index in [0.717, 1.165) is 38.9 Å². The van der Waals surface area contributed by atoms with Gasteiger partial charge in [-0.1, -0.05) is 30.3 Å². The summed E-state index contributed by atoms with van der Waals surface area (Å²) in [6, 6.07) is 10.5. The number of carbonyl (C=O) groups excluding carboxylic acids is 1. The maximum absolute atomic E-state index is 12.3. The molecular formula is C15H20N2O. The van der Waals surface area contributed by atoms with Gasteiger partial charge in [-0.15, -0.1) is 0 Å². The second kappa shape index (κ2) is 4.73. The van der Waals surface area contributed by atoms with Crippen LogP contribution in [0.3, 0.4) is 0 Å². The van der Waals surface area contributed by atoms with Crippen molar-refractivity contribution in [2.45, 2.75) is 25.2 Å². The number of amides is 1. The average Bonchev–Trinajstić information content (AvgIpc) is 2.60. The minimum atomic E-state index is -0.176. The summed E-state index contributed by atoms with van der Waals surface area (Å²) >= 11 is 0. The first kappa shape index (κ1) is 11.7. The maximum Gasteiger partial charge on any atom is 0.226 e. The van der Waals surface area contributed by atoms with E-state index in [1.165, 1.54) is 5.56 Å². The van der Waals surface area contributed by atoms with Gasteiger partial charge in [-0.3, -0.25) is 4.79 Å². The number of nitrogens with one attached hydrogen (secondary N) is 2. The molecule has 0 aromatic heterocycles. The van der Waals surface area contributed by atoms with Gasteiger partial charge in [-0.25, -0.2) is 0 Å². The SMILES string of the molecule is O=C1NCC(c2ccccc2)C12CCCNCC2. The largest absolute Gasteiger partial charge is 0.355 e. The molecule has 3 nitrogen and oxygen atoms in total. The zero-order valence-electron chi connectivity index (χ0n) is 10.6. The zero-order chi connectivity index (χ0) is 12.4. The Kier molecular flexibility index (Phi) is 3.08. The van der Waals surface area contributed by atoms with Gasteiger partial charge >= 0.3 is 0 Å².